The number of nitrogens with zero attached hydrogens (tertiary/aromatic N) is 3. The predicted octanol–water partition coefficient (Wildman–Crippen LogP) is 1.40. The molecule has 0 spiro atoms. The van der Waals surface area contributed by atoms with E-state index in [0.717, 1.165) is 37.3 Å². The standard InChI is InChI=1S/C20H28N4O3S/c1-14(19(12-21)28-22-18-11-17(25)13-27-20(18)26)15-3-5-16(6-4-15)24-9-7-23(2)8-10-24/h3-6,17-18,20,22,25-26H,7-11,13H2,1-2H3/b19-14+. The van der Waals surface area contributed by atoms with Crippen molar-refractivity contribution in [3.8, 4) is 6.07 Å². The van der Waals surface area contributed by atoms with Crippen LogP contribution in [0.1, 0.15) is 18.9 Å². The van der Waals surface area contributed by atoms with Crippen LogP contribution >= 0.6 is 11.9 Å². The first-order valence-corrected chi connectivity index (χ1v) is 10.3. The first kappa shape index (κ1) is 21.1. The van der Waals surface area contributed by atoms with Gasteiger partial charge in [-0.1, -0.05) is 12.1 Å². The number of benzene rings is 1. The highest BCUT2D eigenvalue weighted by Gasteiger charge is 2.29. The summed E-state index contributed by atoms with van der Waals surface area (Å²) in [6.07, 6.45) is -1.22. The molecule has 3 atom stereocenters. The Bertz CT molecular complexity index is 726. The van der Waals surface area contributed by atoms with E-state index in [1.807, 2.05) is 19.1 Å². The quantitative estimate of drug-likeness (QED) is 0.501. The summed E-state index contributed by atoms with van der Waals surface area (Å²) in [5, 5.41) is 29.1. The number of hydrogen-bond donors (Lipinski definition) is 3. The summed E-state index contributed by atoms with van der Waals surface area (Å²) in [4.78, 5) is 5.23. The fraction of sp³-hybridized carbons (Fsp3) is 0.550. The number of hydrogen-bond acceptors (Lipinski definition) is 8. The maximum Gasteiger partial charge on any atom is 0.171 e. The summed E-state index contributed by atoms with van der Waals surface area (Å²) < 4.78 is 8.17. The predicted molar refractivity (Wildman–Crippen MR) is 111 cm³/mol. The third kappa shape index (κ3) is 5.26. The molecular formula is C20H28N4O3S. The van der Waals surface area contributed by atoms with Crippen molar-refractivity contribution in [1.82, 2.24) is 9.62 Å². The molecule has 2 aliphatic heterocycles. The zero-order chi connectivity index (χ0) is 20.1. The second-order valence-corrected chi connectivity index (χ2v) is 8.19. The van der Waals surface area contributed by atoms with Crippen molar-refractivity contribution < 1.29 is 14.9 Å². The molecule has 2 heterocycles. The smallest absolute Gasteiger partial charge is 0.171 e. The summed E-state index contributed by atoms with van der Waals surface area (Å²) in [6, 6.07) is 10.1. The van der Waals surface area contributed by atoms with Gasteiger partial charge >= 0.3 is 0 Å². The van der Waals surface area contributed by atoms with Crippen molar-refractivity contribution in [1.29, 1.82) is 5.26 Å². The van der Waals surface area contributed by atoms with Gasteiger partial charge in [0.25, 0.3) is 0 Å². The first-order valence-electron chi connectivity index (χ1n) is 9.53. The molecule has 1 aromatic rings. The number of nitrogens with one attached hydrogen (secondary N) is 1. The third-order valence-electron chi connectivity index (χ3n) is 5.25. The van der Waals surface area contributed by atoms with Gasteiger partial charge in [0, 0.05) is 31.9 Å². The van der Waals surface area contributed by atoms with Gasteiger partial charge in [-0.05, 0) is 55.6 Å². The summed E-state index contributed by atoms with van der Waals surface area (Å²) in [6.45, 7) is 6.21. The van der Waals surface area contributed by atoms with Gasteiger partial charge in [0.15, 0.2) is 6.29 Å². The highest BCUT2D eigenvalue weighted by Crippen LogP contribution is 2.28. The van der Waals surface area contributed by atoms with E-state index >= 15 is 0 Å². The first-order chi connectivity index (χ1) is 13.5. The highest BCUT2D eigenvalue weighted by molar-refractivity contribution is 8.01. The van der Waals surface area contributed by atoms with Gasteiger partial charge in [-0.15, -0.1) is 0 Å². The Kier molecular flexibility index (Phi) is 7.35. The normalized spacial score (nSPS) is 27.2. The van der Waals surface area contributed by atoms with E-state index in [9.17, 15) is 15.5 Å². The van der Waals surface area contributed by atoms with Crippen molar-refractivity contribution in [2.75, 3.05) is 44.7 Å². The van der Waals surface area contributed by atoms with Gasteiger partial charge < -0.3 is 24.7 Å². The number of ether oxygens (including phenoxy) is 1. The van der Waals surface area contributed by atoms with E-state index in [-0.39, 0.29) is 6.61 Å². The topological polar surface area (TPSA) is 92.0 Å². The van der Waals surface area contributed by atoms with Crippen LogP contribution in [0.2, 0.25) is 0 Å². The highest BCUT2D eigenvalue weighted by atomic mass is 32.2. The molecule has 2 saturated heterocycles. The molecule has 0 aliphatic carbocycles. The molecule has 0 saturated carbocycles. The van der Waals surface area contributed by atoms with Crippen molar-refractivity contribution in [3.63, 3.8) is 0 Å². The summed E-state index contributed by atoms with van der Waals surface area (Å²) >= 11 is 1.17. The van der Waals surface area contributed by atoms with E-state index in [1.165, 1.54) is 17.6 Å². The minimum atomic E-state index is -0.987. The molecule has 3 unspecified atom stereocenters. The molecule has 2 aliphatic rings. The SMILES string of the molecule is C/C(=C(/C#N)SNC1CC(O)COC1O)c1ccc(N2CCN(C)CC2)cc1. The largest absolute Gasteiger partial charge is 0.391 e. The van der Waals surface area contributed by atoms with Crippen LogP contribution in [0.3, 0.4) is 0 Å². The fourth-order valence-electron chi connectivity index (χ4n) is 3.35. The van der Waals surface area contributed by atoms with Gasteiger partial charge in [0.05, 0.1) is 18.8 Å². The zero-order valence-corrected chi connectivity index (χ0v) is 17.2. The monoisotopic (exact) mass is 404 g/mol. The van der Waals surface area contributed by atoms with E-state index in [4.69, 9.17) is 4.74 Å². The van der Waals surface area contributed by atoms with Crippen LogP contribution in [0.25, 0.3) is 5.57 Å². The number of nitriles is 1. The number of allylic oxidation sites excluding steroid dienone is 2. The third-order valence-corrected chi connectivity index (χ3v) is 6.28. The molecule has 7 nitrogen and oxygen atoms in total. The van der Waals surface area contributed by atoms with E-state index < -0.39 is 18.4 Å². The molecular weight excluding hydrogens is 376 g/mol. The van der Waals surface area contributed by atoms with E-state index in [2.05, 4.69) is 39.8 Å². The average molecular weight is 405 g/mol. The lowest BCUT2D eigenvalue weighted by molar-refractivity contribution is -0.168. The van der Waals surface area contributed by atoms with Crippen molar-refractivity contribution in [2.45, 2.75) is 31.8 Å². The Labute approximate surface area is 170 Å². The minimum absolute atomic E-state index is 0.129. The molecule has 2 fully saturated rings. The minimum Gasteiger partial charge on any atom is -0.391 e. The van der Waals surface area contributed by atoms with Gasteiger partial charge in [-0.3, -0.25) is 4.72 Å². The van der Waals surface area contributed by atoms with Crippen LogP contribution in [0, 0.1) is 11.3 Å². The maximum atomic E-state index is 9.88. The van der Waals surface area contributed by atoms with Gasteiger partial charge in [-0.2, -0.15) is 5.26 Å². The number of likely N-dealkylation sites (N-methyl/N-ethyl adjacent to an activating group) is 1. The molecule has 0 aromatic heterocycles. The maximum absolute atomic E-state index is 9.88. The van der Waals surface area contributed by atoms with Gasteiger partial charge in [0.2, 0.25) is 0 Å². The molecule has 3 rings (SSSR count). The Balaban J connectivity index is 1.65. The van der Waals surface area contributed by atoms with Crippen LogP contribution in [-0.4, -0.2) is 73.4 Å². The molecule has 28 heavy (non-hydrogen) atoms. The number of aliphatic hydroxyl groups excluding tert-OH is 2. The van der Waals surface area contributed by atoms with Crippen molar-refractivity contribution in [3.05, 3.63) is 34.7 Å². The Hall–Kier alpha value is -1.60. The van der Waals surface area contributed by atoms with Crippen LogP contribution in [-0.2, 0) is 4.74 Å². The van der Waals surface area contributed by atoms with Crippen molar-refractivity contribution in [2.24, 2.45) is 0 Å². The van der Waals surface area contributed by atoms with E-state index in [1.54, 1.807) is 0 Å². The van der Waals surface area contributed by atoms with Crippen LogP contribution in [0.15, 0.2) is 29.2 Å². The summed E-state index contributed by atoms with van der Waals surface area (Å²) in [5.41, 5.74) is 3.06. The van der Waals surface area contributed by atoms with Crippen LogP contribution in [0.5, 0.6) is 0 Å². The number of piperazine rings is 1. The lowest BCUT2D eigenvalue weighted by atomic mass is 10.1. The fourth-order valence-corrected chi connectivity index (χ4v) is 4.14. The Morgan fingerprint density at radius 3 is 2.54 bits per heavy atom. The number of anilines is 1. The molecule has 8 heteroatoms. The summed E-state index contributed by atoms with van der Waals surface area (Å²) in [7, 11) is 2.14. The zero-order valence-electron chi connectivity index (χ0n) is 16.3. The lowest BCUT2D eigenvalue weighted by Crippen LogP contribution is -2.46. The van der Waals surface area contributed by atoms with Crippen molar-refractivity contribution >= 4 is 23.2 Å². The summed E-state index contributed by atoms with van der Waals surface area (Å²) in [5.74, 6) is 0. The number of aliphatic hydroxyl groups is 2. The molecule has 1 aromatic carbocycles. The second kappa shape index (κ2) is 9.74. The Morgan fingerprint density at radius 1 is 1.21 bits per heavy atom. The average Bonchev–Trinajstić information content (AvgIpc) is 2.71. The second-order valence-electron chi connectivity index (χ2n) is 7.34. The van der Waals surface area contributed by atoms with Gasteiger partial charge in [-0.25, -0.2) is 0 Å². The van der Waals surface area contributed by atoms with Crippen LogP contribution < -0.4 is 9.62 Å². The molecule has 0 radical (unpaired) electrons. The van der Waals surface area contributed by atoms with E-state index in [0.29, 0.717) is 11.3 Å². The number of rotatable bonds is 5. The molecule has 0 bridgehead atoms. The van der Waals surface area contributed by atoms with Gasteiger partial charge in [0.1, 0.15) is 11.0 Å². The van der Waals surface area contributed by atoms with Crippen LogP contribution in [0.4, 0.5) is 5.69 Å². The molecule has 152 valence electrons. The molecule has 3 N–H and O–H groups in total. The Morgan fingerprint density at radius 2 is 1.89 bits per heavy atom. The lowest BCUT2D eigenvalue weighted by Gasteiger charge is -2.34. The molecule has 0 amide bonds.